The molecule has 110 valence electrons. The van der Waals surface area contributed by atoms with Gasteiger partial charge in [0.2, 0.25) is 5.76 Å². The zero-order chi connectivity index (χ0) is 15.4. The summed E-state index contributed by atoms with van der Waals surface area (Å²) in [7, 11) is 0. The fourth-order valence-electron chi connectivity index (χ4n) is 1.88. The van der Waals surface area contributed by atoms with E-state index in [4.69, 9.17) is 20.8 Å². The molecule has 5 nitrogen and oxygen atoms in total. The SMILES string of the molecule is CCOC(=O)c1oc(-c2ccc(Cl)cc2)cc1C(C)N=O. The van der Waals surface area contributed by atoms with Crippen molar-refractivity contribution in [3.05, 3.63) is 51.6 Å². The van der Waals surface area contributed by atoms with Crippen LogP contribution in [0, 0.1) is 4.91 Å². The Morgan fingerprint density at radius 2 is 2.05 bits per heavy atom. The minimum Gasteiger partial charge on any atom is -0.460 e. The monoisotopic (exact) mass is 307 g/mol. The van der Waals surface area contributed by atoms with Crippen LogP contribution < -0.4 is 0 Å². The smallest absolute Gasteiger partial charge is 0.374 e. The molecule has 1 atom stereocenters. The third kappa shape index (κ3) is 3.31. The molecule has 0 fully saturated rings. The predicted molar refractivity (Wildman–Crippen MR) is 79.3 cm³/mol. The Kier molecular flexibility index (Phi) is 4.75. The van der Waals surface area contributed by atoms with Gasteiger partial charge in [0.1, 0.15) is 11.8 Å². The third-order valence-corrected chi connectivity index (χ3v) is 3.21. The minimum absolute atomic E-state index is 0.00824. The van der Waals surface area contributed by atoms with E-state index in [1.54, 1.807) is 44.2 Å². The zero-order valence-corrected chi connectivity index (χ0v) is 12.4. The summed E-state index contributed by atoms with van der Waals surface area (Å²) in [6.07, 6.45) is 0. The lowest BCUT2D eigenvalue weighted by Crippen LogP contribution is -2.06. The maximum atomic E-state index is 11.9. The molecule has 1 aromatic carbocycles. The van der Waals surface area contributed by atoms with E-state index in [0.29, 0.717) is 16.3 Å². The number of esters is 1. The van der Waals surface area contributed by atoms with E-state index in [1.807, 2.05) is 0 Å². The topological polar surface area (TPSA) is 68.9 Å². The van der Waals surface area contributed by atoms with Crippen molar-refractivity contribution in [2.75, 3.05) is 6.61 Å². The average Bonchev–Trinajstić information content (AvgIpc) is 2.92. The van der Waals surface area contributed by atoms with Gasteiger partial charge >= 0.3 is 5.97 Å². The first-order chi connectivity index (χ1) is 10.1. The normalized spacial score (nSPS) is 12.0. The quantitative estimate of drug-likeness (QED) is 0.597. The lowest BCUT2D eigenvalue weighted by Gasteiger charge is -2.02. The Morgan fingerprint density at radius 3 is 2.62 bits per heavy atom. The highest BCUT2D eigenvalue weighted by atomic mass is 35.5. The molecule has 0 aliphatic carbocycles. The first-order valence-corrected chi connectivity index (χ1v) is 6.83. The summed E-state index contributed by atoms with van der Waals surface area (Å²) in [5.41, 5.74) is 1.16. The van der Waals surface area contributed by atoms with Gasteiger partial charge < -0.3 is 9.15 Å². The van der Waals surface area contributed by atoms with Crippen molar-refractivity contribution in [1.82, 2.24) is 0 Å². The van der Waals surface area contributed by atoms with Crippen molar-refractivity contribution in [3.63, 3.8) is 0 Å². The highest BCUT2D eigenvalue weighted by Crippen LogP contribution is 2.31. The summed E-state index contributed by atoms with van der Waals surface area (Å²) < 4.78 is 10.5. The molecule has 0 bridgehead atoms. The van der Waals surface area contributed by atoms with Crippen LogP contribution in [-0.2, 0) is 4.74 Å². The number of furan rings is 1. The van der Waals surface area contributed by atoms with Gasteiger partial charge in [-0.1, -0.05) is 16.8 Å². The number of ether oxygens (including phenoxy) is 1. The number of hydrogen-bond donors (Lipinski definition) is 0. The summed E-state index contributed by atoms with van der Waals surface area (Å²) >= 11 is 5.84. The van der Waals surface area contributed by atoms with Gasteiger partial charge in [0.25, 0.3) is 0 Å². The molecular formula is C15H14ClNO4. The number of carbonyl (C=O) groups is 1. The molecule has 2 aromatic rings. The lowest BCUT2D eigenvalue weighted by molar-refractivity contribution is 0.0488. The van der Waals surface area contributed by atoms with Crippen molar-refractivity contribution in [2.45, 2.75) is 19.9 Å². The van der Waals surface area contributed by atoms with Crippen LogP contribution >= 0.6 is 11.6 Å². The molecule has 0 radical (unpaired) electrons. The molecule has 2 rings (SSSR count). The van der Waals surface area contributed by atoms with Crippen LogP contribution in [0.15, 0.2) is 39.9 Å². The molecule has 0 aliphatic heterocycles. The number of halogens is 1. The van der Waals surface area contributed by atoms with Crippen molar-refractivity contribution in [2.24, 2.45) is 5.18 Å². The number of rotatable bonds is 5. The molecule has 1 unspecified atom stereocenters. The Labute approximate surface area is 126 Å². The molecule has 6 heteroatoms. The largest absolute Gasteiger partial charge is 0.460 e. The lowest BCUT2D eigenvalue weighted by atomic mass is 10.1. The Hall–Kier alpha value is -2.14. The molecule has 1 heterocycles. The number of benzene rings is 1. The van der Waals surface area contributed by atoms with E-state index >= 15 is 0 Å². The van der Waals surface area contributed by atoms with Gasteiger partial charge in [-0.2, -0.15) is 4.91 Å². The molecule has 21 heavy (non-hydrogen) atoms. The molecule has 1 aromatic heterocycles. The van der Waals surface area contributed by atoms with Crippen LogP contribution in [0.25, 0.3) is 11.3 Å². The van der Waals surface area contributed by atoms with Gasteiger partial charge in [-0.05, 0) is 44.2 Å². The van der Waals surface area contributed by atoms with Crippen molar-refractivity contribution >= 4 is 17.6 Å². The fourth-order valence-corrected chi connectivity index (χ4v) is 2.01. The summed E-state index contributed by atoms with van der Waals surface area (Å²) in [6, 6.07) is 7.88. The van der Waals surface area contributed by atoms with Gasteiger partial charge in [0.15, 0.2) is 0 Å². The average molecular weight is 308 g/mol. The number of nitrogens with zero attached hydrogens (tertiary/aromatic N) is 1. The fraction of sp³-hybridized carbons (Fsp3) is 0.267. The van der Waals surface area contributed by atoms with Gasteiger partial charge in [0.05, 0.1) is 6.61 Å². The standard InChI is InChI=1S/C15H14ClNO4/c1-3-20-15(18)14-12(9(2)17-19)8-13(21-14)10-4-6-11(16)7-5-10/h4-9H,3H2,1-2H3. The highest BCUT2D eigenvalue weighted by molar-refractivity contribution is 6.30. The van der Waals surface area contributed by atoms with Gasteiger partial charge in [-0.15, -0.1) is 0 Å². The van der Waals surface area contributed by atoms with E-state index in [2.05, 4.69) is 5.18 Å². The van der Waals surface area contributed by atoms with Crippen molar-refractivity contribution < 1.29 is 13.9 Å². The maximum absolute atomic E-state index is 11.9. The van der Waals surface area contributed by atoms with E-state index in [9.17, 15) is 9.70 Å². The summed E-state index contributed by atoms with van der Waals surface area (Å²) in [5.74, 6) is -0.141. The first-order valence-electron chi connectivity index (χ1n) is 6.46. The predicted octanol–water partition coefficient (Wildman–Crippen LogP) is 4.60. The van der Waals surface area contributed by atoms with Crippen LogP contribution in [0.2, 0.25) is 5.02 Å². The van der Waals surface area contributed by atoms with E-state index in [-0.39, 0.29) is 12.4 Å². The minimum atomic E-state index is -0.700. The maximum Gasteiger partial charge on any atom is 0.374 e. The Bertz CT molecular complexity index is 648. The van der Waals surface area contributed by atoms with E-state index in [0.717, 1.165) is 5.56 Å². The summed E-state index contributed by atoms with van der Waals surface area (Å²) in [4.78, 5) is 22.7. The number of nitroso groups, excluding NO2 is 1. The van der Waals surface area contributed by atoms with Crippen LogP contribution in [0.4, 0.5) is 0 Å². The summed E-state index contributed by atoms with van der Waals surface area (Å²) in [6.45, 7) is 3.51. The molecule has 0 amide bonds. The van der Waals surface area contributed by atoms with Gasteiger partial charge in [-0.25, -0.2) is 4.79 Å². The molecule has 0 saturated carbocycles. The number of carbonyl (C=O) groups excluding carboxylic acids is 1. The van der Waals surface area contributed by atoms with E-state index < -0.39 is 12.0 Å². The van der Waals surface area contributed by atoms with Crippen LogP contribution in [0.5, 0.6) is 0 Å². The second kappa shape index (κ2) is 6.54. The molecule has 0 aliphatic rings. The van der Waals surface area contributed by atoms with Crippen LogP contribution in [0.3, 0.4) is 0 Å². The zero-order valence-electron chi connectivity index (χ0n) is 11.6. The van der Waals surface area contributed by atoms with Crippen LogP contribution in [0.1, 0.15) is 36.0 Å². The Balaban J connectivity index is 2.47. The highest BCUT2D eigenvalue weighted by Gasteiger charge is 2.24. The second-order valence-electron chi connectivity index (χ2n) is 4.40. The van der Waals surface area contributed by atoms with Gasteiger partial charge in [0, 0.05) is 16.1 Å². The van der Waals surface area contributed by atoms with Crippen molar-refractivity contribution in [3.8, 4) is 11.3 Å². The van der Waals surface area contributed by atoms with Crippen molar-refractivity contribution in [1.29, 1.82) is 0 Å². The van der Waals surface area contributed by atoms with Gasteiger partial charge in [-0.3, -0.25) is 0 Å². The third-order valence-electron chi connectivity index (χ3n) is 2.96. The van der Waals surface area contributed by atoms with E-state index in [1.165, 1.54) is 0 Å². The molecule has 0 N–H and O–H groups in total. The summed E-state index contributed by atoms with van der Waals surface area (Å²) in [5, 5.41) is 3.54. The molecular weight excluding hydrogens is 294 g/mol. The molecule has 0 saturated heterocycles. The first kappa shape index (κ1) is 15.3. The Morgan fingerprint density at radius 1 is 1.38 bits per heavy atom. The van der Waals surface area contributed by atoms with Crippen LogP contribution in [-0.4, -0.2) is 12.6 Å². The number of hydrogen-bond acceptors (Lipinski definition) is 5. The second-order valence-corrected chi connectivity index (χ2v) is 4.84. The molecule has 0 spiro atoms.